The molecule has 0 aromatic rings. The summed E-state index contributed by atoms with van der Waals surface area (Å²) in [7, 11) is 0. The number of hydrogen-bond acceptors (Lipinski definition) is 3. The number of nitriles is 1. The van der Waals surface area contributed by atoms with E-state index in [1.807, 2.05) is 6.07 Å². The maximum absolute atomic E-state index is 10.3. The van der Waals surface area contributed by atoms with Gasteiger partial charge in [-0.25, -0.2) is 0 Å². The number of carboxylic acid groups (broad SMARTS) is 1. The molecule has 3 N–H and O–H groups in total. The van der Waals surface area contributed by atoms with Gasteiger partial charge in [-0.1, -0.05) is 0 Å². The van der Waals surface area contributed by atoms with Crippen LogP contribution in [0.4, 0.5) is 0 Å². The van der Waals surface area contributed by atoms with Crippen molar-refractivity contribution >= 4 is 5.97 Å². The molecule has 0 aliphatic rings. The van der Waals surface area contributed by atoms with Crippen molar-refractivity contribution < 1.29 is 9.90 Å². The predicted molar refractivity (Wildman–Crippen MR) is 39.6 cm³/mol. The highest BCUT2D eigenvalue weighted by molar-refractivity contribution is 5.73. The number of rotatable bonds is 3. The van der Waals surface area contributed by atoms with Crippen LogP contribution in [0.15, 0.2) is 0 Å². The summed E-state index contributed by atoms with van der Waals surface area (Å²) in [5, 5.41) is 16.9. The molecule has 62 valence electrons. The Bertz CT molecular complexity index is 193. The molecule has 0 aromatic heterocycles. The topological polar surface area (TPSA) is 87.1 Å². The molecule has 0 aliphatic heterocycles. The molecule has 0 saturated carbocycles. The molecule has 0 heterocycles. The van der Waals surface area contributed by atoms with Crippen molar-refractivity contribution in [3.05, 3.63) is 0 Å². The molecule has 0 saturated heterocycles. The SMILES string of the molecule is CC(C)(C#N)C[C@@H](N)C(=O)O. The first-order valence-electron chi connectivity index (χ1n) is 3.29. The summed E-state index contributed by atoms with van der Waals surface area (Å²) in [6.07, 6.45) is 0.179. The Kier molecular flexibility index (Phi) is 3.02. The lowest BCUT2D eigenvalue weighted by Gasteiger charge is -2.16. The van der Waals surface area contributed by atoms with Crippen LogP contribution in [0.5, 0.6) is 0 Å². The fourth-order valence-corrected chi connectivity index (χ4v) is 0.683. The molecule has 0 unspecified atom stereocenters. The minimum Gasteiger partial charge on any atom is -0.480 e. The molecule has 0 fully saturated rings. The van der Waals surface area contributed by atoms with Crippen LogP contribution in [0.25, 0.3) is 0 Å². The van der Waals surface area contributed by atoms with Gasteiger partial charge >= 0.3 is 5.97 Å². The maximum atomic E-state index is 10.3. The zero-order valence-corrected chi connectivity index (χ0v) is 6.66. The molecule has 0 bridgehead atoms. The Morgan fingerprint density at radius 1 is 1.82 bits per heavy atom. The van der Waals surface area contributed by atoms with Crippen molar-refractivity contribution in [3.8, 4) is 6.07 Å². The number of aliphatic carboxylic acids is 1. The van der Waals surface area contributed by atoms with Gasteiger partial charge in [-0.05, 0) is 20.3 Å². The molecule has 0 amide bonds. The highest BCUT2D eigenvalue weighted by Crippen LogP contribution is 2.19. The van der Waals surface area contributed by atoms with E-state index in [2.05, 4.69) is 0 Å². The molecule has 0 rings (SSSR count). The first-order chi connectivity index (χ1) is 4.89. The normalized spacial score (nSPS) is 13.6. The highest BCUT2D eigenvalue weighted by atomic mass is 16.4. The Morgan fingerprint density at radius 2 is 2.27 bits per heavy atom. The zero-order chi connectivity index (χ0) is 9.07. The summed E-state index contributed by atoms with van der Waals surface area (Å²) in [5.41, 5.74) is 4.57. The average Bonchev–Trinajstić information content (AvgIpc) is 1.87. The van der Waals surface area contributed by atoms with Gasteiger partial charge in [0.1, 0.15) is 6.04 Å². The van der Waals surface area contributed by atoms with Gasteiger partial charge in [-0.3, -0.25) is 4.79 Å². The van der Waals surface area contributed by atoms with Crippen molar-refractivity contribution in [2.75, 3.05) is 0 Å². The molecule has 0 spiro atoms. The lowest BCUT2D eigenvalue weighted by Crippen LogP contribution is -2.34. The van der Waals surface area contributed by atoms with Gasteiger partial charge in [-0.15, -0.1) is 0 Å². The van der Waals surface area contributed by atoms with Crippen LogP contribution in [0.3, 0.4) is 0 Å². The maximum Gasteiger partial charge on any atom is 0.320 e. The van der Waals surface area contributed by atoms with Crippen molar-refractivity contribution in [2.24, 2.45) is 11.1 Å². The number of nitrogens with zero attached hydrogens (tertiary/aromatic N) is 1. The van der Waals surface area contributed by atoms with E-state index in [4.69, 9.17) is 16.1 Å². The lowest BCUT2D eigenvalue weighted by molar-refractivity contribution is -0.139. The monoisotopic (exact) mass is 156 g/mol. The fraction of sp³-hybridized carbons (Fsp3) is 0.714. The van der Waals surface area contributed by atoms with E-state index in [0.29, 0.717) is 0 Å². The van der Waals surface area contributed by atoms with E-state index in [-0.39, 0.29) is 6.42 Å². The summed E-state index contributed by atoms with van der Waals surface area (Å²) in [4.78, 5) is 10.3. The lowest BCUT2D eigenvalue weighted by atomic mass is 9.88. The molecule has 0 aliphatic carbocycles. The molecular weight excluding hydrogens is 144 g/mol. The fourth-order valence-electron chi connectivity index (χ4n) is 0.683. The molecular formula is C7H12N2O2. The molecule has 4 nitrogen and oxygen atoms in total. The van der Waals surface area contributed by atoms with Gasteiger partial charge < -0.3 is 10.8 Å². The quantitative estimate of drug-likeness (QED) is 0.616. The van der Waals surface area contributed by atoms with Crippen LogP contribution in [0.1, 0.15) is 20.3 Å². The van der Waals surface area contributed by atoms with E-state index in [1.54, 1.807) is 13.8 Å². The summed E-state index contributed by atoms with van der Waals surface area (Å²) >= 11 is 0. The smallest absolute Gasteiger partial charge is 0.320 e. The van der Waals surface area contributed by atoms with E-state index in [0.717, 1.165) is 0 Å². The third kappa shape index (κ3) is 3.58. The summed E-state index contributed by atoms with van der Waals surface area (Å²) in [6.45, 7) is 3.32. The Morgan fingerprint density at radius 3 is 2.55 bits per heavy atom. The van der Waals surface area contributed by atoms with E-state index < -0.39 is 17.4 Å². The second-order valence-corrected chi connectivity index (χ2v) is 3.14. The Hall–Kier alpha value is -1.08. The molecule has 0 radical (unpaired) electrons. The first-order valence-corrected chi connectivity index (χ1v) is 3.29. The molecule has 1 atom stereocenters. The van der Waals surface area contributed by atoms with Gasteiger partial charge in [0.25, 0.3) is 0 Å². The van der Waals surface area contributed by atoms with Gasteiger partial charge in [-0.2, -0.15) is 5.26 Å². The summed E-state index contributed by atoms with van der Waals surface area (Å²) in [5.74, 6) is -1.06. The van der Waals surface area contributed by atoms with Gasteiger partial charge in [0.15, 0.2) is 0 Å². The Balaban J connectivity index is 4.07. The highest BCUT2D eigenvalue weighted by Gasteiger charge is 2.24. The van der Waals surface area contributed by atoms with Crippen molar-refractivity contribution in [3.63, 3.8) is 0 Å². The van der Waals surface area contributed by atoms with Crippen LogP contribution in [0, 0.1) is 16.7 Å². The molecule has 0 aromatic carbocycles. The second-order valence-electron chi connectivity index (χ2n) is 3.14. The Labute approximate surface area is 65.6 Å². The van der Waals surface area contributed by atoms with E-state index >= 15 is 0 Å². The van der Waals surface area contributed by atoms with Crippen LogP contribution < -0.4 is 5.73 Å². The third-order valence-electron chi connectivity index (χ3n) is 1.35. The second kappa shape index (κ2) is 3.35. The first kappa shape index (κ1) is 9.92. The largest absolute Gasteiger partial charge is 0.480 e. The standard InChI is InChI=1S/C7H12N2O2/c1-7(2,4-8)3-5(9)6(10)11/h5H,3,9H2,1-2H3,(H,10,11)/t5-/m1/s1. The van der Waals surface area contributed by atoms with Crippen molar-refractivity contribution in [1.29, 1.82) is 5.26 Å². The summed E-state index contributed by atoms with van der Waals surface area (Å²) in [6, 6.07) is 1.04. The van der Waals surface area contributed by atoms with Crippen LogP contribution >= 0.6 is 0 Å². The molecule has 4 heteroatoms. The minimum absolute atomic E-state index is 0.179. The van der Waals surface area contributed by atoms with E-state index in [9.17, 15) is 4.79 Å². The molecule has 11 heavy (non-hydrogen) atoms. The van der Waals surface area contributed by atoms with Crippen molar-refractivity contribution in [1.82, 2.24) is 0 Å². The number of carboxylic acids is 1. The summed E-state index contributed by atoms with van der Waals surface area (Å²) < 4.78 is 0. The van der Waals surface area contributed by atoms with Crippen LogP contribution in [-0.2, 0) is 4.79 Å². The zero-order valence-electron chi connectivity index (χ0n) is 6.66. The van der Waals surface area contributed by atoms with Gasteiger partial charge in [0.2, 0.25) is 0 Å². The van der Waals surface area contributed by atoms with Crippen LogP contribution in [-0.4, -0.2) is 17.1 Å². The number of hydrogen-bond donors (Lipinski definition) is 2. The van der Waals surface area contributed by atoms with Gasteiger partial charge in [0.05, 0.1) is 11.5 Å². The van der Waals surface area contributed by atoms with E-state index in [1.165, 1.54) is 0 Å². The number of carbonyl (C=O) groups is 1. The van der Waals surface area contributed by atoms with Crippen LogP contribution in [0.2, 0.25) is 0 Å². The number of nitrogens with two attached hydrogens (primary N) is 1. The van der Waals surface area contributed by atoms with Crippen molar-refractivity contribution in [2.45, 2.75) is 26.3 Å². The minimum atomic E-state index is -1.06. The van der Waals surface area contributed by atoms with Gasteiger partial charge in [0, 0.05) is 0 Å². The third-order valence-corrected chi connectivity index (χ3v) is 1.35. The average molecular weight is 156 g/mol. The predicted octanol–water partition coefficient (Wildman–Crippen LogP) is 0.338.